The number of rotatable bonds is 3. The maximum absolute atomic E-state index is 14.2. The second kappa shape index (κ2) is 8.19. The van der Waals surface area contributed by atoms with Gasteiger partial charge in [0.25, 0.3) is 0 Å². The molecule has 1 aliphatic rings. The highest BCUT2D eigenvalue weighted by Gasteiger charge is 2.21. The van der Waals surface area contributed by atoms with Crippen LogP contribution in [0.5, 0.6) is 5.75 Å². The van der Waals surface area contributed by atoms with E-state index in [2.05, 4.69) is 14.9 Å². The molecule has 0 atom stereocenters. The third-order valence-electron chi connectivity index (χ3n) is 5.40. The summed E-state index contributed by atoms with van der Waals surface area (Å²) >= 11 is 6.54. The molecule has 0 amide bonds. The third-order valence-corrected chi connectivity index (χ3v) is 5.68. The van der Waals surface area contributed by atoms with Crippen LogP contribution in [0.4, 0.5) is 8.78 Å². The Morgan fingerprint density at radius 1 is 1.16 bits per heavy atom. The van der Waals surface area contributed by atoms with Crippen LogP contribution in [0.1, 0.15) is 17.0 Å². The van der Waals surface area contributed by atoms with E-state index in [0.29, 0.717) is 42.5 Å². The first kappa shape index (κ1) is 20.4. The summed E-state index contributed by atoms with van der Waals surface area (Å²) in [5.41, 5.74) is 3.02. The van der Waals surface area contributed by atoms with Crippen LogP contribution >= 0.6 is 11.6 Å². The Morgan fingerprint density at radius 2 is 1.97 bits per heavy atom. The molecule has 0 N–H and O–H groups in total. The van der Waals surface area contributed by atoms with Gasteiger partial charge in [0.05, 0.1) is 10.5 Å². The average molecular weight is 452 g/mol. The average Bonchev–Trinajstić information content (AvgIpc) is 3.12. The van der Waals surface area contributed by atoms with Crippen LogP contribution in [0, 0.1) is 23.0 Å². The van der Waals surface area contributed by atoms with Crippen molar-refractivity contribution in [3.05, 3.63) is 82.5 Å². The van der Waals surface area contributed by atoms with Crippen molar-refractivity contribution in [2.45, 2.75) is 13.1 Å². The molecule has 2 aromatic heterocycles. The standard InChI is InChI=1S/C23H16ClF2N5O/c24-18-8-16(31-4-3-17-20(31)2-1-19(25)22(17)26)7-15-13-30(5-6-32-23(15)18)12-14-10-28-21(9-27)29-11-14/h1-4,7-8,10-11H,5-6,12-13H2. The molecule has 0 aliphatic carbocycles. The van der Waals surface area contributed by atoms with Gasteiger partial charge in [-0.05, 0) is 30.3 Å². The molecule has 0 unspecified atom stereocenters. The Balaban J connectivity index is 1.49. The third kappa shape index (κ3) is 3.66. The molecule has 6 nitrogen and oxygen atoms in total. The molecule has 0 fully saturated rings. The Bertz CT molecular complexity index is 1360. The molecule has 5 rings (SSSR count). The number of nitrogens with zero attached hydrogens (tertiary/aromatic N) is 5. The number of benzene rings is 2. The molecule has 2 aromatic carbocycles. The number of hydrogen-bond donors (Lipinski definition) is 0. The fraction of sp³-hybridized carbons (Fsp3) is 0.174. The van der Waals surface area contributed by atoms with E-state index in [4.69, 9.17) is 21.6 Å². The smallest absolute Gasteiger partial charge is 0.232 e. The topological polar surface area (TPSA) is 67.0 Å². The van der Waals surface area contributed by atoms with E-state index < -0.39 is 11.6 Å². The molecule has 1 aliphatic heterocycles. The molecular formula is C23H16ClF2N5O. The van der Waals surface area contributed by atoms with Gasteiger partial charge in [-0.25, -0.2) is 18.7 Å². The van der Waals surface area contributed by atoms with E-state index >= 15 is 0 Å². The summed E-state index contributed by atoms with van der Waals surface area (Å²) in [4.78, 5) is 10.2. The molecule has 3 heterocycles. The predicted molar refractivity (Wildman–Crippen MR) is 115 cm³/mol. The van der Waals surface area contributed by atoms with Crippen molar-refractivity contribution in [2.24, 2.45) is 0 Å². The molecular weight excluding hydrogens is 436 g/mol. The van der Waals surface area contributed by atoms with E-state index in [0.717, 1.165) is 22.9 Å². The van der Waals surface area contributed by atoms with Gasteiger partial charge in [0.15, 0.2) is 11.6 Å². The number of fused-ring (bicyclic) bond motifs is 2. The summed E-state index contributed by atoms with van der Waals surface area (Å²) in [7, 11) is 0. The zero-order valence-electron chi connectivity index (χ0n) is 16.7. The second-order valence-corrected chi connectivity index (χ2v) is 7.89. The Labute approximate surface area is 187 Å². The van der Waals surface area contributed by atoms with Gasteiger partial charge < -0.3 is 9.30 Å². The van der Waals surface area contributed by atoms with Crippen molar-refractivity contribution in [3.8, 4) is 17.5 Å². The van der Waals surface area contributed by atoms with Crippen molar-refractivity contribution in [2.75, 3.05) is 13.2 Å². The van der Waals surface area contributed by atoms with E-state index in [1.54, 1.807) is 41.4 Å². The summed E-state index contributed by atoms with van der Waals surface area (Å²) in [6.45, 7) is 2.26. The van der Waals surface area contributed by atoms with Gasteiger partial charge in [-0.15, -0.1) is 0 Å². The van der Waals surface area contributed by atoms with E-state index in [1.807, 2.05) is 12.1 Å². The number of nitriles is 1. The zero-order valence-corrected chi connectivity index (χ0v) is 17.5. The summed E-state index contributed by atoms with van der Waals surface area (Å²) in [5.74, 6) is -1.01. The summed E-state index contributed by atoms with van der Waals surface area (Å²) < 4.78 is 35.5. The van der Waals surface area contributed by atoms with Gasteiger partial charge in [-0.3, -0.25) is 4.90 Å². The predicted octanol–water partition coefficient (Wildman–Crippen LogP) is 4.62. The minimum atomic E-state index is -0.883. The quantitative estimate of drug-likeness (QED) is 0.454. The SMILES string of the molecule is N#Cc1ncc(CN2CCOc3c(Cl)cc(-n4ccc5c(F)c(F)ccc54)cc3C2)cn1. The minimum Gasteiger partial charge on any atom is -0.490 e. The highest BCUT2D eigenvalue weighted by Crippen LogP contribution is 2.36. The van der Waals surface area contributed by atoms with Crippen molar-refractivity contribution in [1.29, 1.82) is 5.26 Å². The number of halogens is 3. The van der Waals surface area contributed by atoms with Crippen LogP contribution < -0.4 is 4.74 Å². The van der Waals surface area contributed by atoms with Gasteiger partial charge in [0.1, 0.15) is 18.4 Å². The molecule has 9 heteroatoms. The first-order valence-corrected chi connectivity index (χ1v) is 10.3. The fourth-order valence-corrected chi connectivity index (χ4v) is 4.20. The van der Waals surface area contributed by atoms with Gasteiger partial charge in [-0.1, -0.05) is 11.6 Å². The summed E-state index contributed by atoms with van der Waals surface area (Å²) in [5, 5.41) is 9.52. The van der Waals surface area contributed by atoms with Crippen molar-refractivity contribution < 1.29 is 13.5 Å². The zero-order chi connectivity index (χ0) is 22.2. The number of hydrogen-bond acceptors (Lipinski definition) is 5. The minimum absolute atomic E-state index is 0.130. The first-order valence-electron chi connectivity index (χ1n) is 9.87. The monoisotopic (exact) mass is 451 g/mol. The lowest BCUT2D eigenvalue weighted by molar-refractivity contribution is 0.219. The fourth-order valence-electron chi connectivity index (χ4n) is 3.92. The van der Waals surface area contributed by atoms with Crippen LogP contribution in [0.3, 0.4) is 0 Å². The van der Waals surface area contributed by atoms with Crippen LogP contribution in [0.25, 0.3) is 16.6 Å². The Kier molecular flexibility index (Phi) is 5.21. The van der Waals surface area contributed by atoms with Crippen molar-refractivity contribution in [1.82, 2.24) is 19.4 Å². The molecule has 32 heavy (non-hydrogen) atoms. The Hall–Kier alpha value is -3.54. The molecule has 0 bridgehead atoms. The van der Waals surface area contributed by atoms with E-state index in [-0.39, 0.29) is 11.2 Å². The van der Waals surface area contributed by atoms with Crippen LogP contribution in [0.2, 0.25) is 5.02 Å². The van der Waals surface area contributed by atoms with E-state index in [1.165, 1.54) is 0 Å². The Morgan fingerprint density at radius 3 is 2.75 bits per heavy atom. The molecule has 0 saturated carbocycles. The maximum Gasteiger partial charge on any atom is 0.232 e. The summed E-state index contributed by atoms with van der Waals surface area (Å²) in [6, 6.07) is 9.80. The first-order chi connectivity index (χ1) is 15.5. The highest BCUT2D eigenvalue weighted by atomic mass is 35.5. The highest BCUT2D eigenvalue weighted by molar-refractivity contribution is 6.32. The largest absolute Gasteiger partial charge is 0.490 e. The van der Waals surface area contributed by atoms with Gasteiger partial charge in [0, 0.05) is 60.4 Å². The second-order valence-electron chi connectivity index (χ2n) is 7.48. The number of ether oxygens (including phenoxy) is 1. The van der Waals surface area contributed by atoms with Gasteiger partial charge >= 0.3 is 0 Å². The maximum atomic E-state index is 14.2. The van der Waals surface area contributed by atoms with Crippen molar-refractivity contribution in [3.63, 3.8) is 0 Å². The molecule has 0 spiro atoms. The molecule has 160 valence electrons. The lowest BCUT2D eigenvalue weighted by Gasteiger charge is -2.19. The summed E-state index contributed by atoms with van der Waals surface area (Å²) in [6.07, 6.45) is 4.97. The number of aromatic nitrogens is 3. The lowest BCUT2D eigenvalue weighted by Crippen LogP contribution is -2.25. The van der Waals surface area contributed by atoms with Gasteiger partial charge in [-0.2, -0.15) is 5.26 Å². The normalized spacial score (nSPS) is 13.9. The van der Waals surface area contributed by atoms with Gasteiger partial charge in [0.2, 0.25) is 5.82 Å². The molecule has 0 saturated heterocycles. The van der Waals surface area contributed by atoms with Crippen LogP contribution in [-0.2, 0) is 13.1 Å². The lowest BCUT2D eigenvalue weighted by atomic mass is 10.1. The van der Waals surface area contributed by atoms with E-state index in [9.17, 15) is 8.78 Å². The molecule has 4 aromatic rings. The van der Waals surface area contributed by atoms with Crippen molar-refractivity contribution >= 4 is 22.5 Å². The molecule has 0 radical (unpaired) electrons. The van der Waals surface area contributed by atoms with Crippen LogP contribution in [-0.4, -0.2) is 32.6 Å². The van der Waals surface area contributed by atoms with Crippen LogP contribution in [0.15, 0.2) is 48.9 Å².